The van der Waals surface area contributed by atoms with E-state index in [1.165, 1.54) is 11.6 Å². The molecule has 2 aromatic carbocycles. The maximum Gasteiger partial charge on any atom is 0.146 e. The highest BCUT2D eigenvalue weighted by Gasteiger charge is 2.09. The van der Waals surface area contributed by atoms with Gasteiger partial charge in [0.2, 0.25) is 0 Å². The Labute approximate surface area is 126 Å². The van der Waals surface area contributed by atoms with Crippen molar-refractivity contribution in [1.82, 2.24) is 5.32 Å². The number of hydrogen-bond donors (Lipinski definition) is 1. The Morgan fingerprint density at radius 2 is 1.76 bits per heavy atom. The van der Waals surface area contributed by atoms with E-state index in [1.54, 1.807) is 12.1 Å². The molecule has 2 aromatic rings. The normalized spacial score (nSPS) is 12.2. The minimum Gasteiger partial charge on any atom is -0.342 e. The van der Waals surface area contributed by atoms with E-state index in [2.05, 4.69) is 31.3 Å². The second-order valence-corrected chi connectivity index (χ2v) is 5.28. The molecule has 3 heteroatoms. The molecule has 112 valence electrons. The summed E-state index contributed by atoms with van der Waals surface area (Å²) < 4.78 is 13.8. The Balaban J connectivity index is 2.13. The average molecular weight is 286 g/mol. The number of rotatable bonds is 6. The molecule has 0 bridgehead atoms. The SMILES string of the molecule is CCCNC(C)c1ccc(N(C)c2ccccc2F)cc1. The number of para-hydroxylation sites is 1. The lowest BCUT2D eigenvalue weighted by molar-refractivity contribution is 0.571. The molecule has 0 aromatic heterocycles. The maximum atomic E-state index is 13.8. The van der Waals surface area contributed by atoms with Crippen LogP contribution >= 0.6 is 0 Å². The molecule has 0 aliphatic carbocycles. The number of benzene rings is 2. The Morgan fingerprint density at radius 1 is 1.10 bits per heavy atom. The van der Waals surface area contributed by atoms with Crippen LogP contribution in [0.3, 0.4) is 0 Å². The lowest BCUT2D eigenvalue weighted by Gasteiger charge is -2.21. The van der Waals surface area contributed by atoms with Gasteiger partial charge in [0.15, 0.2) is 0 Å². The molecule has 21 heavy (non-hydrogen) atoms. The van der Waals surface area contributed by atoms with Crippen LogP contribution in [0.2, 0.25) is 0 Å². The van der Waals surface area contributed by atoms with Crippen molar-refractivity contribution in [3.05, 3.63) is 59.9 Å². The van der Waals surface area contributed by atoms with Crippen molar-refractivity contribution in [3.63, 3.8) is 0 Å². The first kappa shape index (κ1) is 15.5. The van der Waals surface area contributed by atoms with Gasteiger partial charge in [-0.2, -0.15) is 0 Å². The van der Waals surface area contributed by atoms with Crippen molar-refractivity contribution >= 4 is 11.4 Å². The summed E-state index contributed by atoms with van der Waals surface area (Å²) in [7, 11) is 1.88. The summed E-state index contributed by atoms with van der Waals surface area (Å²) in [5, 5.41) is 3.46. The first-order chi connectivity index (χ1) is 10.1. The molecule has 0 aliphatic rings. The predicted octanol–water partition coefficient (Wildman–Crippen LogP) is 4.65. The molecule has 2 nitrogen and oxygen atoms in total. The fraction of sp³-hybridized carbons (Fsp3) is 0.333. The molecule has 1 atom stereocenters. The highest BCUT2D eigenvalue weighted by atomic mass is 19.1. The summed E-state index contributed by atoms with van der Waals surface area (Å²) in [6.45, 7) is 5.33. The summed E-state index contributed by atoms with van der Waals surface area (Å²) in [4.78, 5) is 1.86. The van der Waals surface area contributed by atoms with Crippen molar-refractivity contribution in [2.45, 2.75) is 26.3 Å². The first-order valence-electron chi connectivity index (χ1n) is 7.45. The lowest BCUT2D eigenvalue weighted by atomic mass is 10.1. The molecule has 0 saturated carbocycles. The minimum atomic E-state index is -0.206. The lowest BCUT2D eigenvalue weighted by Crippen LogP contribution is -2.19. The van der Waals surface area contributed by atoms with E-state index in [4.69, 9.17) is 0 Å². The van der Waals surface area contributed by atoms with Gasteiger partial charge in [0, 0.05) is 18.8 Å². The summed E-state index contributed by atoms with van der Waals surface area (Å²) in [6, 6.07) is 15.4. The van der Waals surface area contributed by atoms with Crippen molar-refractivity contribution in [2.24, 2.45) is 0 Å². The van der Waals surface area contributed by atoms with Gasteiger partial charge in [0.1, 0.15) is 5.82 Å². The molecule has 0 amide bonds. The predicted molar refractivity (Wildman–Crippen MR) is 87.6 cm³/mol. The van der Waals surface area contributed by atoms with Crippen LogP contribution < -0.4 is 10.2 Å². The molecular formula is C18H23FN2. The third-order valence-corrected chi connectivity index (χ3v) is 3.69. The molecule has 0 fully saturated rings. The van der Waals surface area contributed by atoms with Crippen molar-refractivity contribution in [3.8, 4) is 0 Å². The fourth-order valence-corrected chi connectivity index (χ4v) is 2.33. The van der Waals surface area contributed by atoms with Gasteiger partial charge in [0.05, 0.1) is 5.69 Å². The van der Waals surface area contributed by atoms with E-state index >= 15 is 0 Å². The van der Waals surface area contributed by atoms with Crippen molar-refractivity contribution < 1.29 is 4.39 Å². The largest absolute Gasteiger partial charge is 0.342 e. The van der Waals surface area contributed by atoms with Crippen molar-refractivity contribution in [2.75, 3.05) is 18.5 Å². The molecule has 2 rings (SSSR count). The van der Waals surface area contributed by atoms with Crippen LogP contribution in [0.25, 0.3) is 0 Å². The van der Waals surface area contributed by atoms with Crippen LogP contribution in [0, 0.1) is 5.82 Å². The van der Waals surface area contributed by atoms with E-state index in [9.17, 15) is 4.39 Å². The van der Waals surface area contributed by atoms with Crippen LogP contribution in [0.15, 0.2) is 48.5 Å². The van der Waals surface area contributed by atoms with E-state index < -0.39 is 0 Å². The number of nitrogens with one attached hydrogen (secondary N) is 1. The van der Waals surface area contributed by atoms with Crippen LogP contribution in [0.1, 0.15) is 31.9 Å². The molecule has 0 spiro atoms. The molecule has 1 N–H and O–H groups in total. The van der Waals surface area contributed by atoms with Gasteiger partial charge in [-0.1, -0.05) is 31.2 Å². The van der Waals surface area contributed by atoms with E-state index in [-0.39, 0.29) is 5.82 Å². The number of hydrogen-bond acceptors (Lipinski definition) is 2. The fourth-order valence-electron chi connectivity index (χ4n) is 2.33. The van der Waals surface area contributed by atoms with Crippen LogP contribution in [0.4, 0.5) is 15.8 Å². The molecule has 1 unspecified atom stereocenters. The quantitative estimate of drug-likeness (QED) is 0.831. The van der Waals surface area contributed by atoms with Crippen LogP contribution in [-0.4, -0.2) is 13.6 Å². The van der Waals surface area contributed by atoms with E-state index in [0.717, 1.165) is 18.7 Å². The van der Waals surface area contributed by atoms with Crippen LogP contribution in [0.5, 0.6) is 0 Å². The second-order valence-electron chi connectivity index (χ2n) is 5.28. The zero-order valence-electron chi connectivity index (χ0n) is 12.9. The zero-order chi connectivity index (χ0) is 15.2. The topological polar surface area (TPSA) is 15.3 Å². The van der Waals surface area contributed by atoms with Gasteiger partial charge in [0.25, 0.3) is 0 Å². The number of nitrogens with zero attached hydrogens (tertiary/aromatic N) is 1. The second kappa shape index (κ2) is 7.23. The molecular weight excluding hydrogens is 263 g/mol. The Morgan fingerprint density at radius 3 is 2.38 bits per heavy atom. The van der Waals surface area contributed by atoms with E-state index in [0.29, 0.717) is 11.7 Å². The smallest absolute Gasteiger partial charge is 0.146 e. The third-order valence-electron chi connectivity index (χ3n) is 3.69. The average Bonchev–Trinajstić information content (AvgIpc) is 2.52. The highest BCUT2D eigenvalue weighted by molar-refractivity contribution is 5.63. The van der Waals surface area contributed by atoms with Gasteiger partial charge in [-0.3, -0.25) is 0 Å². The maximum absolute atomic E-state index is 13.8. The van der Waals surface area contributed by atoms with Crippen molar-refractivity contribution in [1.29, 1.82) is 0 Å². The summed E-state index contributed by atoms with van der Waals surface area (Å²) in [5.74, 6) is -0.206. The molecule has 0 aliphatic heterocycles. The molecule has 0 heterocycles. The minimum absolute atomic E-state index is 0.206. The molecule has 0 radical (unpaired) electrons. The number of anilines is 2. The Hall–Kier alpha value is -1.87. The summed E-state index contributed by atoms with van der Waals surface area (Å²) >= 11 is 0. The number of halogens is 1. The zero-order valence-corrected chi connectivity index (χ0v) is 12.9. The van der Waals surface area contributed by atoms with Gasteiger partial charge >= 0.3 is 0 Å². The Bertz CT molecular complexity index is 566. The summed E-state index contributed by atoms with van der Waals surface area (Å²) in [6.07, 6.45) is 1.12. The monoisotopic (exact) mass is 286 g/mol. The van der Waals surface area contributed by atoms with Gasteiger partial charge < -0.3 is 10.2 Å². The standard InChI is InChI=1S/C18H23FN2/c1-4-13-20-14(2)15-9-11-16(12-10-15)21(3)18-8-6-5-7-17(18)19/h5-12,14,20H,4,13H2,1-3H3. The third kappa shape index (κ3) is 3.82. The van der Waals surface area contributed by atoms with E-state index in [1.807, 2.05) is 30.1 Å². The summed E-state index contributed by atoms with van der Waals surface area (Å²) in [5.41, 5.74) is 2.81. The van der Waals surface area contributed by atoms with Gasteiger partial charge in [-0.15, -0.1) is 0 Å². The van der Waals surface area contributed by atoms with Gasteiger partial charge in [-0.05, 0) is 49.7 Å². The highest BCUT2D eigenvalue weighted by Crippen LogP contribution is 2.27. The van der Waals surface area contributed by atoms with Gasteiger partial charge in [-0.25, -0.2) is 4.39 Å². The van der Waals surface area contributed by atoms with Crippen LogP contribution in [-0.2, 0) is 0 Å². The Kier molecular flexibility index (Phi) is 5.34. The first-order valence-corrected chi connectivity index (χ1v) is 7.45. The molecule has 0 saturated heterocycles.